The van der Waals surface area contributed by atoms with Crippen molar-refractivity contribution in [1.82, 2.24) is 0 Å². The minimum atomic E-state index is -0.935. The van der Waals surface area contributed by atoms with Gasteiger partial charge in [-0.2, -0.15) is 0 Å². The highest BCUT2D eigenvalue weighted by atomic mass is 16.4. The zero-order valence-electron chi connectivity index (χ0n) is 9.77. The van der Waals surface area contributed by atoms with Gasteiger partial charge >= 0.3 is 5.97 Å². The molecule has 0 amide bonds. The van der Waals surface area contributed by atoms with Crippen molar-refractivity contribution in [1.29, 1.82) is 0 Å². The van der Waals surface area contributed by atoms with Crippen LogP contribution in [0.2, 0.25) is 0 Å². The zero-order valence-corrected chi connectivity index (χ0v) is 9.77. The van der Waals surface area contributed by atoms with E-state index in [1.54, 1.807) is 30.3 Å². The maximum atomic E-state index is 10.9. The number of rotatable bonds is 2. The average molecular weight is 230 g/mol. The highest BCUT2D eigenvalue weighted by Gasteiger charge is 2.10. The summed E-state index contributed by atoms with van der Waals surface area (Å²) in [6.45, 7) is 4.03. The van der Waals surface area contributed by atoms with Crippen molar-refractivity contribution in [3.05, 3.63) is 41.5 Å². The van der Waals surface area contributed by atoms with Crippen molar-refractivity contribution in [3.63, 3.8) is 0 Å². The van der Waals surface area contributed by atoms with Gasteiger partial charge in [0.25, 0.3) is 0 Å². The van der Waals surface area contributed by atoms with E-state index in [1.165, 1.54) is 0 Å². The lowest BCUT2D eigenvalue weighted by atomic mass is 9.94. The molecule has 0 radical (unpaired) electrons. The molecule has 0 heterocycles. The van der Waals surface area contributed by atoms with E-state index in [2.05, 4.69) is 0 Å². The predicted octanol–water partition coefficient (Wildman–Crippen LogP) is 3.37. The van der Waals surface area contributed by atoms with Gasteiger partial charge in [0.2, 0.25) is 0 Å². The van der Waals surface area contributed by atoms with Gasteiger partial charge < -0.3 is 10.2 Å². The summed E-state index contributed by atoms with van der Waals surface area (Å²) >= 11 is 0. The van der Waals surface area contributed by atoms with Crippen LogP contribution in [0.25, 0.3) is 10.8 Å². The van der Waals surface area contributed by atoms with Crippen molar-refractivity contribution in [3.8, 4) is 5.75 Å². The van der Waals surface area contributed by atoms with Gasteiger partial charge in [-0.05, 0) is 46.5 Å². The van der Waals surface area contributed by atoms with E-state index >= 15 is 0 Å². The van der Waals surface area contributed by atoms with Gasteiger partial charge in [-0.15, -0.1) is 0 Å². The van der Waals surface area contributed by atoms with Crippen LogP contribution < -0.4 is 0 Å². The first-order valence-corrected chi connectivity index (χ1v) is 5.49. The molecular weight excluding hydrogens is 216 g/mol. The van der Waals surface area contributed by atoms with Crippen LogP contribution >= 0.6 is 0 Å². The van der Waals surface area contributed by atoms with E-state index in [0.29, 0.717) is 0 Å². The van der Waals surface area contributed by atoms with Gasteiger partial charge in [0, 0.05) is 0 Å². The molecule has 0 spiro atoms. The summed E-state index contributed by atoms with van der Waals surface area (Å²) in [5, 5.41) is 20.3. The number of phenolic OH excluding ortho intramolecular Hbond substituents is 1. The van der Waals surface area contributed by atoms with Gasteiger partial charge in [0.1, 0.15) is 5.75 Å². The van der Waals surface area contributed by atoms with Crippen molar-refractivity contribution >= 4 is 16.7 Å². The predicted molar refractivity (Wildman–Crippen MR) is 66.7 cm³/mol. The van der Waals surface area contributed by atoms with Crippen molar-refractivity contribution < 1.29 is 15.0 Å². The first-order chi connectivity index (χ1) is 7.99. The molecule has 0 aliphatic heterocycles. The normalized spacial score (nSPS) is 11.0. The summed E-state index contributed by atoms with van der Waals surface area (Å²) in [5.74, 6) is -0.493. The Hall–Kier alpha value is -2.03. The number of benzene rings is 2. The fourth-order valence-electron chi connectivity index (χ4n) is 1.98. The number of aromatic carboxylic acids is 1. The molecule has 3 heteroatoms. The molecule has 0 aromatic heterocycles. The Balaban J connectivity index is 2.78. The Morgan fingerprint density at radius 1 is 1.18 bits per heavy atom. The smallest absolute Gasteiger partial charge is 0.335 e. The number of carboxylic acids is 1. The molecule has 3 nitrogen and oxygen atoms in total. The van der Waals surface area contributed by atoms with Gasteiger partial charge in [-0.3, -0.25) is 0 Å². The first kappa shape index (κ1) is 11.5. The molecule has 0 unspecified atom stereocenters. The number of fused-ring (bicyclic) bond motifs is 1. The number of carbonyl (C=O) groups is 1. The number of carboxylic acid groups (broad SMARTS) is 1. The molecular formula is C14H14O3. The summed E-state index contributed by atoms with van der Waals surface area (Å²) < 4.78 is 0. The average Bonchev–Trinajstić information content (AvgIpc) is 2.26. The monoisotopic (exact) mass is 230 g/mol. The lowest BCUT2D eigenvalue weighted by Gasteiger charge is -2.11. The number of phenols is 1. The van der Waals surface area contributed by atoms with Crippen molar-refractivity contribution in [2.45, 2.75) is 19.8 Å². The maximum Gasteiger partial charge on any atom is 0.335 e. The fraction of sp³-hybridized carbons (Fsp3) is 0.214. The standard InChI is InChI=1S/C14H14O3/c1-8(2)12-7-11(15)5-9-3-4-10(14(16)17)6-13(9)12/h3-8,15H,1-2H3,(H,16,17). The summed E-state index contributed by atoms with van der Waals surface area (Å²) in [6, 6.07) is 8.27. The van der Waals surface area contributed by atoms with E-state index < -0.39 is 5.97 Å². The van der Waals surface area contributed by atoms with Crippen LogP contribution in [0.3, 0.4) is 0 Å². The first-order valence-electron chi connectivity index (χ1n) is 5.49. The van der Waals surface area contributed by atoms with Gasteiger partial charge in [-0.1, -0.05) is 19.9 Å². The second-order valence-corrected chi connectivity index (χ2v) is 4.43. The summed E-state index contributed by atoms with van der Waals surface area (Å²) in [5.41, 5.74) is 1.23. The molecule has 2 rings (SSSR count). The number of hydrogen-bond acceptors (Lipinski definition) is 2. The highest BCUT2D eigenvalue weighted by Crippen LogP contribution is 2.30. The third-order valence-electron chi connectivity index (χ3n) is 2.84. The molecule has 0 saturated heterocycles. The van der Waals surface area contributed by atoms with E-state index in [4.69, 9.17) is 5.11 Å². The minimum absolute atomic E-state index is 0.212. The van der Waals surface area contributed by atoms with Crippen LogP contribution in [-0.2, 0) is 0 Å². The summed E-state index contributed by atoms with van der Waals surface area (Å²) in [4.78, 5) is 10.9. The maximum absolute atomic E-state index is 10.9. The quantitative estimate of drug-likeness (QED) is 0.831. The Labute approximate surface area is 99.3 Å². The molecule has 2 N–H and O–H groups in total. The SMILES string of the molecule is CC(C)c1cc(O)cc2ccc(C(=O)O)cc12. The highest BCUT2D eigenvalue weighted by molar-refractivity contribution is 5.96. The molecule has 88 valence electrons. The van der Waals surface area contributed by atoms with Crippen LogP contribution in [0.4, 0.5) is 0 Å². The summed E-state index contributed by atoms with van der Waals surface area (Å²) in [7, 11) is 0. The van der Waals surface area contributed by atoms with E-state index in [1.807, 2.05) is 13.8 Å². The Bertz CT molecular complexity index is 585. The van der Waals surface area contributed by atoms with Crippen molar-refractivity contribution in [2.24, 2.45) is 0 Å². The van der Waals surface area contributed by atoms with Crippen LogP contribution in [0.15, 0.2) is 30.3 Å². The molecule has 0 aliphatic rings. The van der Waals surface area contributed by atoms with E-state index in [9.17, 15) is 9.90 Å². The van der Waals surface area contributed by atoms with Gasteiger partial charge in [0.15, 0.2) is 0 Å². The van der Waals surface area contributed by atoms with E-state index in [-0.39, 0.29) is 17.2 Å². The zero-order chi connectivity index (χ0) is 12.6. The molecule has 2 aromatic carbocycles. The van der Waals surface area contributed by atoms with Crippen LogP contribution in [0.1, 0.15) is 35.7 Å². The molecule has 0 atom stereocenters. The third-order valence-corrected chi connectivity index (χ3v) is 2.84. The van der Waals surface area contributed by atoms with Crippen LogP contribution in [-0.4, -0.2) is 16.2 Å². The minimum Gasteiger partial charge on any atom is -0.508 e. The molecule has 0 aliphatic carbocycles. The van der Waals surface area contributed by atoms with Crippen LogP contribution in [0, 0.1) is 0 Å². The van der Waals surface area contributed by atoms with E-state index in [0.717, 1.165) is 16.3 Å². The fourth-order valence-corrected chi connectivity index (χ4v) is 1.98. The largest absolute Gasteiger partial charge is 0.508 e. The lowest BCUT2D eigenvalue weighted by molar-refractivity contribution is 0.0697. The lowest BCUT2D eigenvalue weighted by Crippen LogP contribution is -1.97. The Morgan fingerprint density at radius 3 is 2.47 bits per heavy atom. The molecule has 2 aromatic rings. The topological polar surface area (TPSA) is 57.5 Å². The molecule has 0 bridgehead atoms. The second-order valence-electron chi connectivity index (χ2n) is 4.43. The van der Waals surface area contributed by atoms with Crippen molar-refractivity contribution in [2.75, 3.05) is 0 Å². The van der Waals surface area contributed by atoms with Gasteiger partial charge in [-0.25, -0.2) is 4.79 Å². The Kier molecular flexibility index (Phi) is 2.76. The third kappa shape index (κ3) is 2.09. The van der Waals surface area contributed by atoms with Gasteiger partial charge in [0.05, 0.1) is 5.56 Å². The molecule has 0 saturated carbocycles. The van der Waals surface area contributed by atoms with Crippen LogP contribution in [0.5, 0.6) is 5.75 Å². The number of aromatic hydroxyl groups is 1. The molecule has 0 fully saturated rings. The number of hydrogen-bond donors (Lipinski definition) is 2. The summed E-state index contributed by atoms with van der Waals surface area (Å²) in [6.07, 6.45) is 0. The second kappa shape index (κ2) is 4.09. The Morgan fingerprint density at radius 2 is 1.88 bits per heavy atom. The molecule has 17 heavy (non-hydrogen) atoms.